The van der Waals surface area contributed by atoms with E-state index in [0.717, 1.165) is 22.3 Å². The lowest BCUT2D eigenvalue weighted by Crippen LogP contribution is -2.46. The minimum atomic E-state index is -0.959. The van der Waals surface area contributed by atoms with Crippen molar-refractivity contribution in [3.05, 3.63) is 137 Å². The lowest BCUT2D eigenvalue weighted by Gasteiger charge is -2.45. The number of carbonyl (C=O) groups excluding carboxylic acids is 2. The molecule has 5 rings (SSSR count). The fourth-order valence-corrected chi connectivity index (χ4v) is 6.09. The Morgan fingerprint density at radius 3 is 2.15 bits per heavy atom. The van der Waals surface area contributed by atoms with E-state index in [1.807, 2.05) is 98.9 Å². The van der Waals surface area contributed by atoms with Gasteiger partial charge in [0, 0.05) is 36.7 Å². The van der Waals surface area contributed by atoms with Crippen LogP contribution in [0.4, 0.5) is 5.69 Å². The molecule has 9 nitrogen and oxygen atoms in total. The first-order chi connectivity index (χ1) is 23.1. The third-order valence-corrected chi connectivity index (χ3v) is 8.87. The van der Waals surface area contributed by atoms with Gasteiger partial charge in [0.1, 0.15) is 0 Å². The molecule has 0 aromatic heterocycles. The van der Waals surface area contributed by atoms with Crippen molar-refractivity contribution in [2.24, 2.45) is 0 Å². The molecule has 7 unspecified atom stereocenters. The molecule has 1 heterocycles. The molecular weight excluding hydrogens is 608 g/mol. The summed E-state index contributed by atoms with van der Waals surface area (Å²) in [5.74, 6) is -1.22. The zero-order valence-corrected chi connectivity index (χ0v) is 27.7. The molecule has 1 aliphatic heterocycles. The van der Waals surface area contributed by atoms with Crippen LogP contribution in [0.1, 0.15) is 73.0 Å². The molecule has 7 atom stereocenters. The average Bonchev–Trinajstić information content (AvgIpc) is 3.11. The van der Waals surface area contributed by atoms with Crippen LogP contribution in [0.5, 0.6) is 0 Å². The predicted molar refractivity (Wildman–Crippen MR) is 183 cm³/mol. The van der Waals surface area contributed by atoms with Crippen molar-refractivity contribution >= 4 is 17.6 Å². The number of carbonyl (C=O) groups is 2. The summed E-state index contributed by atoms with van der Waals surface area (Å²) < 4.78 is 18.7. The minimum absolute atomic E-state index is 0.0662. The molecule has 252 valence electrons. The van der Waals surface area contributed by atoms with Crippen LogP contribution in [0.2, 0.25) is 0 Å². The van der Waals surface area contributed by atoms with Crippen LogP contribution >= 0.6 is 0 Å². The third kappa shape index (κ3) is 8.55. The van der Waals surface area contributed by atoms with Crippen molar-refractivity contribution < 1.29 is 34.0 Å². The molecule has 3 N–H and O–H groups in total. The first kappa shape index (κ1) is 34.9. The van der Waals surface area contributed by atoms with Crippen molar-refractivity contribution in [1.82, 2.24) is 4.90 Å². The van der Waals surface area contributed by atoms with E-state index in [9.17, 15) is 19.8 Å². The summed E-state index contributed by atoms with van der Waals surface area (Å²) in [7, 11) is 1.98. The highest BCUT2D eigenvalue weighted by Gasteiger charge is 2.43. The van der Waals surface area contributed by atoms with Crippen molar-refractivity contribution in [3.8, 4) is 0 Å². The Hall–Kier alpha value is -4.38. The summed E-state index contributed by atoms with van der Waals surface area (Å²) in [5, 5.41) is 23.8. The molecule has 1 amide bonds. The van der Waals surface area contributed by atoms with Gasteiger partial charge in [0.2, 0.25) is 0 Å². The van der Waals surface area contributed by atoms with Crippen molar-refractivity contribution in [3.63, 3.8) is 0 Å². The number of anilines is 1. The van der Waals surface area contributed by atoms with Gasteiger partial charge >= 0.3 is 5.97 Å². The second-order valence-corrected chi connectivity index (χ2v) is 12.3. The second-order valence-electron chi connectivity index (χ2n) is 12.3. The van der Waals surface area contributed by atoms with Crippen LogP contribution in [-0.4, -0.2) is 58.8 Å². The van der Waals surface area contributed by atoms with E-state index in [1.54, 1.807) is 12.1 Å². The predicted octanol–water partition coefficient (Wildman–Crippen LogP) is 6.06. The number of hydrogen-bond acceptors (Lipinski definition) is 8. The molecule has 0 saturated carbocycles. The quantitative estimate of drug-likeness (QED) is 0.158. The highest BCUT2D eigenvalue weighted by molar-refractivity contribution is 5.95. The molecule has 1 fully saturated rings. The number of nitrogens with zero attached hydrogens (tertiary/aromatic N) is 1. The van der Waals surface area contributed by atoms with Gasteiger partial charge in [-0.25, -0.2) is 0 Å². The number of benzene rings is 4. The van der Waals surface area contributed by atoms with Gasteiger partial charge < -0.3 is 29.7 Å². The zero-order chi connectivity index (χ0) is 34.2. The number of amides is 1. The summed E-state index contributed by atoms with van der Waals surface area (Å²) in [6, 6.07) is 34.5. The van der Waals surface area contributed by atoms with Crippen molar-refractivity contribution in [2.75, 3.05) is 18.9 Å². The molecule has 0 radical (unpaired) electrons. The summed E-state index contributed by atoms with van der Waals surface area (Å²) in [6.07, 6.45) is -3.29. The number of likely N-dealkylation sites (N-methyl/N-ethyl adjacent to an activating group) is 1. The Bertz CT molecular complexity index is 1630. The minimum Gasteiger partial charge on any atom is -0.453 e. The highest BCUT2D eigenvalue weighted by atomic mass is 16.7. The van der Waals surface area contributed by atoms with Crippen LogP contribution in [-0.2, 0) is 30.4 Å². The molecule has 4 aromatic rings. The lowest BCUT2D eigenvalue weighted by molar-refractivity contribution is -0.264. The summed E-state index contributed by atoms with van der Waals surface area (Å²) in [6.45, 7) is 5.19. The summed E-state index contributed by atoms with van der Waals surface area (Å²) in [4.78, 5) is 26.2. The summed E-state index contributed by atoms with van der Waals surface area (Å²) >= 11 is 0. The monoisotopic (exact) mass is 652 g/mol. The van der Waals surface area contributed by atoms with Gasteiger partial charge in [-0.05, 0) is 55.3 Å². The molecule has 9 heteroatoms. The third-order valence-electron chi connectivity index (χ3n) is 8.87. The first-order valence-electron chi connectivity index (χ1n) is 16.2. The van der Waals surface area contributed by atoms with Crippen LogP contribution < -0.4 is 5.32 Å². The van der Waals surface area contributed by atoms with Crippen LogP contribution in [0, 0.1) is 0 Å². The molecule has 1 saturated heterocycles. The van der Waals surface area contributed by atoms with E-state index in [1.165, 1.54) is 13.8 Å². The van der Waals surface area contributed by atoms with E-state index in [0.29, 0.717) is 17.8 Å². The molecule has 0 bridgehead atoms. The largest absolute Gasteiger partial charge is 0.453 e. The first-order valence-corrected chi connectivity index (χ1v) is 16.2. The molecule has 0 spiro atoms. The summed E-state index contributed by atoms with van der Waals surface area (Å²) in [5.41, 5.74) is 4.81. The van der Waals surface area contributed by atoms with Crippen molar-refractivity contribution in [1.29, 1.82) is 0 Å². The number of nitrogens with one attached hydrogen (secondary N) is 1. The molecular formula is C39H44N2O7. The number of esters is 1. The van der Waals surface area contributed by atoms with Gasteiger partial charge in [0.15, 0.2) is 12.4 Å². The number of aliphatic hydroxyl groups is 2. The Morgan fingerprint density at radius 1 is 0.854 bits per heavy atom. The van der Waals surface area contributed by atoms with Gasteiger partial charge in [-0.1, -0.05) is 97.1 Å². The maximum Gasteiger partial charge on any atom is 0.303 e. The van der Waals surface area contributed by atoms with Gasteiger partial charge in [-0.3, -0.25) is 14.5 Å². The molecule has 0 aliphatic carbocycles. The van der Waals surface area contributed by atoms with E-state index in [2.05, 4.69) is 22.3 Å². The molecule has 48 heavy (non-hydrogen) atoms. The second kappa shape index (κ2) is 16.1. The SMILES string of the molecule is CC(=O)OC(C)C(=O)Nc1cccc(C2OC(CN(C)C(C)C(O)c3ccccc3)C(c3ccccc3)C(c3ccc(CO)cc3)O2)c1. The van der Waals surface area contributed by atoms with E-state index >= 15 is 0 Å². The zero-order valence-electron chi connectivity index (χ0n) is 27.7. The van der Waals surface area contributed by atoms with Crippen LogP contribution in [0.3, 0.4) is 0 Å². The maximum absolute atomic E-state index is 12.7. The van der Waals surface area contributed by atoms with Gasteiger partial charge in [0.25, 0.3) is 5.91 Å². The number of aliphatic hydroxyl groups excluding tert-OH is 2. The van der Waals surface area contributed by atoms with Crippen molar-refractivity contribution in [2.45, 2.75) is 70.0 Å². The van der Waals surface area contributed by atoms with E-state index in [4.69, 9.17) is 14.2 Å². The maximum atomic E-state index is 12.7. The van der Waals surface area contributed by atoms with E-state index < -0.39 is 36.5 Å². The Balaban J connectivity index is 1.49. The Labute approximate surface area is 282 Å². The van der Waals surface area contributed by atoms with Gasteiger partial charge in [-0.2, -0.15) is 0 Å². The smallest absolute Gasteiger partial charge is 0.303 e. The van der Waals surface area contributed by atoms with Gasteiger partial charge in [-0.15, -0.1) is 0 Å². The Morgan fingerprint density at radius 2 is 1.50 bits per heavy atom. The van der Waals surface area contributed by atoms with Crippen LogP contribution in [0.15, 0.2) is 109 Å². The fourth-order valence-electron chi connectivity index (χ4n) is 6.09. The topological polar surface area (TPSA) is 118 Å². The van der Waals surface area contributed by atoms with Crippen LogP contribution in [0.25, 0.3) is 0 Å². The average molecular weight is 653 g/mol. The number of hydrogen-bond donors (Lipinski definition) is 3. The van der Waals surface area contributed by atoms with E-state index in [-0.39, 0.29) is 24.7 Å². The lowest BCUT2D eigenvalue weighted by atomic mass is 9.83. The standard InChI is InChI=1S/C39H44N2O7/c1-25(36(44)30-14-9-6-10-15-30)41(4)23-34-35(29-12-7-5-8-13-29)37(31-20-18-28(24-42)19-21-31)48-39(47-34)32-16-11-17-33(22-32)40-38(45)26(2)46-27(3)43/h5-22,25-26,34-37,39,42,44H,23-24H2,1-4H3,(H,40,45). The highest BCUT2D eigenvalue weighted by Crippen LogP contribution is 2.47. The normalized spacial score (nSPS) is 21.2. The fraction of sp³-hybridized carbons (Fsp3) is 0.333. The molecule has 4 aromatic carbocycles. The van der Waals surface area contributed by atoms with Gasteiger partial charge in [0.05, 0.1) is 24.9 Å². The molecule has 1 aliphatic rings. The Kier molecular flexibility index (Phi) is 11.8. The number of rotatable bonds is 12. The number of ether oxygens (including phenoxy) is 3.